The van der Waals surface area contributed by atoms with Gasteiger partial charge in [-0.25, -0.2) is 0 Å². The average molecular weight is 504 g/mol. The topological polar surface area (TPSA) is 76.1 Å². The Morgan fingerprint density at radius 2 is 1.85 bits per heavy atom. The van der Waals surface area contributed by atoms with Gasteiger partial charge in [-0.15, -0.1) is 11.3 Å². The van der Waals surface area contributed by atoms with E-state index in [1.165, 1.54) is 35.5 Å². The molecule has 1 aliphatic rings. The zero-order valence-corrected chi connectivity index (χ0v) is 20.0. The summed E-state index contributed by atoms with van der Waals surface area (Å²) in [4.78, 5) is 28.5. The van der Waals surface area contributed by atoms with E-state index in [0.717, 1.165) is 10.4 Å². The van der Waals surface area contributed by atoms with E-state index < -0.39 is 23.5 Å². The standard InChI is InChI=1S/C24H19Cl2NO5S/c1-31-17-7-4-3-6-13(17)12-27-20(18-8-5-9-33-18)19(22(29)24(27)30)21(28)15-10-14(25)11-16(26)23(15)32-2/h3-11,20,28H,12H2,1-2H3/b21-19-. The lowest BCUT2D eigenvalue weighted by molar-refractivity contribution is -0.140. The number of likely N-dealkylation sites (tertiary alicyclic amines) is 1. The Morgan fingerprint density at radius 1 is 1.09 bits per heavy atom. The van der Waals surface area contributed by atoms with Crippen molar-refractivity contribution in [2.45, 2.75) is 12.6 Å². The van der Waals surface area contributed by atoms with Crippen LogP contribution in [0.2, 0.25) is 10.0 Å². The molecule has 4 rings (SSSR count). The van der Waals surface area contributed by atoms with Crippen LogP contribution in [0.5, 0.6) is 11.5 Å². The number of methoxy groups -OCH3 is 2. The third kappa shape index (κ3) is 4.19. The van der Waals surface area contributed by atoms with Crippen LogP contribution in [-0.4, -0.2) is 35.9 Å². The van der Waals surface area contributed by atoms with Gasteiger partial charge in [0, 0.05) is 15.5 Å². The SMILES string of the molecule is COc1ccccc1CN1C(=O)C(=O)/C(=C(\O)c2cc(Cl)cc(Cl)c2OC)C1c1cccs1. The molecular formula is C24H19Cl2NO5S. The molecule has 2 heterocycles. The summed E-state index contributed by atoms with van der Waals surface area (Å²) in [6.07, 6.45) is 0. The zero-order valence-electron chi connectivity index (χ0n) is 17.7. The number of carbonyl (C=O) groups is 2. The fourth-order valence-electron chi connectivity index (χ4n) is 3.89. The van der Waals surface area contributed by atoms with Gasteiger partial charge in [0.25, 0.3) is 11.7 Å². The minimum absolute atomic E-state index is 0.0611. The molecule has 0 saturated carbocycles. The van der Waals surface area contributed by atoms with E-state index in [9.17, 15) is 14.7 Å². The van der Waals surface area contributed by atoms with E-state index in [1.807, 2.05) is 35.7 Å². The van der Waals surface area contributed by atoms with Gasteiger partial charge in [-0.05, 0) is 29.6 Å². The summed E-state index contributed by atoms with van der Waals surface area (Å²) in [5.74, 6) is -1.20. The lowest BCUT2D eigenvalue weighted by atomic mass is 9.99. The van der Waals surface area contributed by atoms with E-state index in [2.05, 4.69) is 0 Å². The van der Waals surface area contributed by atoms with Crippen LogP contribution in [0.25, 0.3) is 5.76 Å². The molecule has 0 radical (unpaired) electrons. The lowest BCUT2D eigenvalue weighted by Crippen LogP contribution is -2.29. The number of hydrogen-bond donors (Lipinski definition) is 1. The minimum atomic E-state index is -0.808. The highest BCUT2D eigenvalue weighted by Crippen LogP contribution is 2.45. The summed E-state index contributed by atoms with van der Waals surface area (Å²) in [5, 5.41) is 13.5. The second kappa shape index (κ2) is 9.47. The van der Waals surface area contributed by atoms with Crippen molar-refractivity contribution < 1.29 is 24.2 Å². The van der Waals surface area contributed by atoms with Crippen molar-refractivity contribution in [3.63, 3.8) is 0 Å². The number of ketones is 1. The summed E-state index contributed by atoms with van der Waals surface area (Å²) in [5.41, 5.74) is 0.799. The molecule has 1 N–H and O–H groups in total. The van der Waals surface area contributed by atoms with Crippen molar-refractivity contribution in [2.24, 2.45) is 0 Å². The molecule has 6 nitrogen and oxygen atoms in total. The first kappa shape index (κ1) is 23.2. The Bertz CT molecular complexity index is 1260. The van der Waals surface area contributed by atoms with Gasteiger partial charge in [0.2, 0.25) is 0 Å². The van der Waals surface area contributed by atoms with Gasteiger partial charge >= 0.3 is 0 Å². The van der Waals surface area contributed by atoms with Crippen LogP contribution in [0.3, 0.4) is 0 Å². The predicted octanol–water partition coefficient (Wildman–Crippen LogP) is 5.69. The molecule has 9 heteroatoms. The number of aliphatic hydroxyl groups is 1. The quantitative estimate of drug-likeness (QED) is 0.265. The summed E-state index contributed by atoms with van der Waals surface area (Å²) >= 11 is 13.8. The second-order valence-electron chi connectivity index (χ2n) is 7.22. The number of para-hydroxylation sites is 1. The van der Waals surface area contributed by atoms with Crippen molar-refractivity contribution in [2.75, 3.05) is 14.2 Å². The van der Waals surface area contributed by atoms with Gasteiger partial charge in [-0.2, -0.15) is 0 Å². The number of aliphatic hydroxyl groups excluding tert-OH is 1. The number of nitrogens with zero attached hydrogens (tertiary/aromatic N) is 1. The normalized spacial score (nSPS) is 17.5. The first-order chi connectivity index (χ1) is 15.9. The third-order valence-electron chi connectivity index (χ3n) is 5.35. The van der Waals surface area contributed by atoms with Crippen LogP contribution >= 0.6 is 34.5 Å². The smallest absolute Gasteiger partial charge is 0.295 e. The molecule has 1 fully saturated rings. The number of Topliss-reactive ketones (excluding diaryl/α,β-unsaturated/α-hetero) is 1. The predicted molar refractivity (Wildman–Crippen MR) is 128 cm³/mol. The Labute approximate surface area is 204 Å². The molecule has 33 heavy (non-hydrogen) atoms. The number of hydrogen-bond acceptors (Lipinski definition) is 6. The molecule has 1 amide bonds. The van der Waals surface area contributed by atoms with Crippen LogP contribution in [0.15, 0.2) is 59.5 Å². The number of ether oxygens (including phenoxy) is 2. The molecule has 2 aromatic carbocycles. The van der Waals surface area contributed by atoms with Crippen molar-refractivity contribution in [3.05, 3.63) is 85.5 Å². The van der Waals surface area contributed by atoms with E-state index in [1.54, 1.807) is 13.2 Å². The summed E-state index contributed by atoms with van der Waals surface area (Å²) in [6.45, 7) is 0.112. The highest BCUT2D eigenvalue weighted by Gasteiger charge is 2.47. The third-order valence-corrected chi connectivity index (χ3v) is 6.78. The molecule has 1 aliphatic heterocycles. The van der Waals surface area contributed by atoms with Crippen LogP contribution in [0.1, 0.15) is 22.0 Å². The summed E-state index contributed by atoms with van der Waals surface area (Å²) in [7, 11) is 2.93. The Morgan fingerprint density at radius 3 is 2.52 bits per heavy atom. The van der Waals surface area contributed by atoms with Crippen molar-refractivity contribution in [1.29, 1.82) is 0 Å². The van der Waals surface area contributed by atoms with Crippen molar-refractivity contribution in [1.82, 2.24) is 4.90 Å². The van der Waals surface area contributed by atoms with Crippen LogP contribution < -0.4 is 9.47 Å². The average Bonchev–Trinajstić information content (AvgIpc) is 3.41. The fourth-order valence-corrected chi connectivity index (χ4v) is 5.31. The first-order valence-corrected chi connectivity index (χ1v) is 11.5. The molecule has 3 aromatic rings. The molecule has 1 saturated heterocycles. The summed E-state index contributed by atoms with van der Waals surface area (Å²) in [6, 6.07) is 13.0. The lowest BCUT2D eigenvalue weighted by Gasteiger charge is -2.25. The largest absolute Gasteiger partial charge is 0.507 e. The Kier molecular flexibility index (Phi) is 6.65. The number of halogens is 2. The molecule has 1 atom stereocenters. The van der Waals surface area contributed by atoms with E-state index >= 15 is 0 Å². The first-order valence-electron chi connectivity index (χ1n) is 9.84. The van der Waals surface area contributed by atoms with E-state index in [4.69, 9.17) is 32.7 Å². The summed E-state index contributed by atoms with van der Waals surface area (Å²) < 4.78 is 10.8. The molecule has 170 valence electrons. The molecule has 0 spiro atoms. The van der Waals surface area contributed by atoms with Crippen LogP contribution in [-0.2, 0) is 16.1 Å². The molecule has 1 aromatic heterocycles. The van der Waals surface area contributed by atoms with Gasteiger partial charge in [0.1, 0.15) is 17.3 Å². The van der Waals surface area contributed by atoms with Gasteiger partial charge in [-0.1, -0.05) is 47.5 Å². The maximum Gasteiger partial charge on any atom is 0.295 e. The maximum absolute atomic E-state index is 13.2. The fraction of sp³-hybridized carbons (Fsp3) is 0.167. The maximum atomic E-state index is 13.2. The molecule has 0 aliphatic carbocycles. The van der Waals surface area contributed by atoms with Crippen molar-refractivity contribution >= 4 is 52.0 Å². The highest BCUT2D eigenvalue weighted by molar-refractivity contribution is 7.10. The Hall–Kier alpha value is -3.00. The van der Waals surface area contributed by atoms with Crippen LogP contribution in [0.4, 0.5) is 0 Å². The molecular weight excluding hydrogens is 485 g/mol. The van der Waals surface area contributed by atoms with Gasteiger partial charge in [0.15, 0.2) is 0 Å². The van der Waals surface area contributed by atoms with Crippen LogP contribution in [0, 0.1) is 0 Å². The number of thiophene rings is 1. The monoisotopic (exact) mass is 503 g/mol. The van der Waals surface area contributed by atoms with Gasteiger partial charge < -0.3 is 19.5 Å². The number of benzene rings is 2. The van der Waals surface area contributed by atoms with Gasteiger partial charge in [0.05, 0.1) is 43.0 Å². The number of carbonyl (C=O) groups excluding carboxylic acids is 2. The Balaban J connectivity index is 1.90. The van der Waals surface area contributed by atoms with E-state index in [-0.39, 0.29) is 33.5 Å². The van der Waals surface area contributed by atoms with Crippen molar-refractivity contribution in [3.8, 4) is 11.5 Å². The van der Waals surface area contributed by atoms with E-state index in [0.29, 0.717) is 5.75 Å². The second-order valence-corrected chi connectivity index (χ2v) is 9.05. The number of rotatable bonds is 6. The zero-order chi connectivity index (χ0) is 23.7. The molecule has 0 bridgehead atoms. The molecule has 1 unspecified atom stereocenters. The van der Waals surface area contributed by atoms with Gasteiger partial charge in [-0.3, -0.25) is 9.59 Å². The number of amides is 1. The minimum Gasteiger partial charge on any atom is -0.507 e. The highest BCUT2D eigenvalue weighted by atomic mass is 35.5.